The van der Waals surface area contributed by atoms with Gasteiger partial charge >= 0.3 is 0 Å². The van der Waals surface area contributed by atoms with Crippen LogP contribution in [-0.2, 0) is 6.42 Å². The fourth-order valence-corrected chi connectivity index (χ4v) is 1.04. The molecule has 11 heavy (non-hydrogen) atoms. The highest BCUT2D eigenvalue weighted by Gasteiger charge is 1.97. The van der Waals surface area contributed by atoms with Gasteiger partial charge in [0, 0.05) is 12.3 Å². The van der Waals surface area contributed by atoms with Gasteiger partial charge in [-0.2, -0.15) is 0 Å². The van der Waals surface area contributed by atoms with Crippen molar-refractivity contribution < 1.29 is 4.74 Å². The molecule has 0 amide bonds. The summed E-state index contributed by atoms with van der Waals surface area (Å²) in [6, 6.07) is 1.96. The van der Waals surface area contributed by atoms with Gasteiger partial charge in [-0.1, -0.05) is 6.92 Å². The van der Waals surface area contributed by atoms with E-state index in [9.17, 15) is 0 Å². The van der Waals surface area contributed by atoms with Crippen LogP contribution in [0.2, 0.25) is 0 Å². The lowest BCUT2D eigenvalue weighted by molar-refractivity contribution is 0.397. The molecule has 0 aliphatic rings. The topological polar surface area (TPSA) is 22.1 Å². The number of nitrogens with zero attached hydrogens (tertiary/aromatic N) is 1. The van der Waals surface area contributed by atoms with Gasteiger partial charge in [-0.25, -0.2) is 4.98 Å². The highest BCUT2D eigenvalue weighted by molar-refractivity contribution is 5.27. The average Bonchev–Trinajstić information content (AvgIpc) is 2.04. The van der Waals surface area contributed by atoms with Crippen molar-refractivity contribution >= 4 is 0 Å². The van der Waals surface area contributed by atoms with Gasteiger partial charge in [0.2, 0.25) is 5.88 Å². The first-order valence-corrected chi connectivity index (χ1v) is 3.77. The molecular formula is C9H13NO. The predicted octanol–water partition coefficient (Wildman–Crippen LogP) is 1.96. The molecule has 0 spiro atoms. The number of ether oxygens (including phenoxy) is 1. The zero-order valence-electron chi connectivity index (χ0n) is 7.22. The number of aromatic nitrogens is 1. The molecule has 0 aromatic carbocycles. The lowest BCUT2D eigenvalue weighted by Crippen LogP contribution is -1.92. The van der Waals surface area contributed by atoms with Crippen molar-refractivity contribution in [3.8, 4) is 5.88 Å². The van der Waals surface area contributed by atoms with Crippen molar-refractivity contribution in [2.75, 3.05) is 7.11 Å². The molecule has 0 atom stereocenters. The van der Waals surface area contributed by atoms with Crippen LogP contribution in [0.3, 0.4) is 0 Å². The Bertz CT molecular complexity index is 245. The van der Waals surface area contributed by atoms with Crippen LogP contribution in [0.4, 0.5) is 0 Å². The number of hydrogen-bond acceptors (Lipinski definition) is 2. The van der Waals surface area contributed by atoms with Gasteiger partial charge in [0.05, 0.1) is 7.11 Å². The molecule has 1 aromatic heterocycles. The molecule has 1 heterocycles. The number of pyridine rings is 1. The molecule has 2 heteroatoms. The molecule has 1 rings (SSSR count). The van der Waals surface area contributed by atoms with E-state index in [0.717, 1.165) is 6.42 Å². The summed E-state index contributed by atoms with van der Waals surface area (Å²) in [5.74, 6) is 0.694. The highest BCUT2D eigenvalue weighted by atomic mass is 16.5. The Morgan fingerprint density at radius 2 is 2.27 bits per heavy atom. The Morgan fingerprint density at radius 3 is 2.73 bits per heavy atom. The van der Waals surface area contributed by atoms with Crippen LogP contribution < -0.4 is 4.74 Å². The Hall–Kier alpha value is -1.05. The third kappa shape index (κ3) is 1.70. The first-order chi connectivity index (χ1) is 5.27. The van der Waals surface area contributed by atoms with Gasteiger partial charge in [-0.3, -0.25) is 0 Å². The van der Waals surface area contributed by atoms with E-state index in [1.807, 2.05) is 12.3 Å². The van der Waals surface area contributed by atoms with E-state index in [2.05, 4.69) is 18.8 Å². The first-order valence-electron chi connectivity index (χ1n) is 3.77. The van der Waals surface area contributed by atoms with Gasteiger partial charge in [-0.05, 0) is 24.5 Å². The second-order valence-electron chi connectivity index (χ2n) is 2.51. The van der Waals surface area contributed by atoms with Gasteiger partial charge in [-0.15, -0.1) is 0 Å². The van der Waals surface area contributed by atoms with Crippen LogP contribution in [0, 0.1) is 6.92 Å². The SMILES string of the molecule is CCc1cnc(OC)cc1C. The quantitative estimate of drug-likeness (QED) is 0.644. The summed E-state index contributed by atoms with van der Waals surface area (Å²) in [4.78, 5) is 4.11. The number of aryl methyl sites for hydroxylation is 2. The first kappa shape index (κ1) is 8.05. The third-order valence-electron chi connectivity index (χ3n) is 1.78. The molecule has 0 unspecified atom stereocenters. The molecule has 0 aliphatic carbocycles. The summed E-state index contributed by atoms with van der Waals surface area (Å²) in [5.41, 5.74) is 2.53. The Morgan fingerprint density at radius 1 is 1.55 bits per heavy atom. The van der Waals surface area contributed by atoms with E-state index in [4.69, 9.17) is 4.74 Å². The smallest absolute Gasteiger partial charge is 0.213 e. The van der Waals surface area contributed by atoms with Gasteiger partial charge in [0.25, 0.3) is 0 Å². The molecule has 0 N–H and O–H groups in total. The number of hydrogen-bond donors (Lipinski definition) is 0. The summed E-state index contributed by atoms with van der Waals surface area (Å²) in [7, 11) is 1.63. The molecule has 0 saturated carbocycles. The second-order valence-corrected chi connectivity index (χ2v) is 2.51. The number of methoxy groups -OCH3 is 1. The van der Waals surface area contributed by atoms with E-state index in [0.29, 0.717) is 5.88 Å². The third-order valence-corrected chi connectivity index (χ3v) is 1.78. The van der Waals surface area contributed by atoms with Crippen molar-refractivity contribution in [3.63, 3.8) is 0 Å². The van der Waals surface area contributed by atoms with E-state index in [1.165, 1.54) is 11.1 Å². The molecule has 60 valence electrons. The van der Waals surface area contributed by atoms with Crippen molar-refractivity contribution in [2.45, 2.75) is 20.3 Å². The summed E-state index contributed by atoms with van der Waals surface area (Å²) < 4.78 is 4.98. The van der Waals surface area contributed by atoms with E-state index in [-0.39, 0.29) is 0 Å². The maximum atomic E-state index is 4.98. The molecule has 2 nitrogen and oxygen atoms in total. The van der Waals surface area contributed by atoms with Crippen LogP contribution in [0.15, 0.2) is 12.3 Å². The minimum atomic E-state index is 0.694. The molecule has 0 fully saturated rings. The van der Waals surface area contributed by atoms with Gasteiger partial charge in [0.15, 0.2) is 0 Å². The van der Waals surface area contributed by atoms with Crippen LogP contribution in [-0.4, -0.2) is 12.1 Å². The summed E-state index contributed by atoms with van der Waals surface area (Å²) >= 11 is 0. The predicted molar refractivity (Wildman–Crippen MR) is 44.9 cm³/mol. The fourth-order valence-electron chi connectivity index (χ4n) is 1.04. The molecule has 0 aliphatic heterocycles. The summed E-state index contributed by atoms with van der Waals surface area (Å²) in [6.45, 7) is 4.19. The van der Waals surface area contributed by atoms with E-state index >= 15 is 0 Å². The van der Waals surface area contributed by atoms with Crippen molar-refractivity contribution in [1.29, 1.82) is 0 Å². The van der Waals surface area contributed by atoms with Crippen LogP contribution in [0.1, 0.15) is 18.1 Å². The largest absolute Gasteiger partial charge is 0.481 e. The lowest BCUT2D eigenvalue weighted by atomic mass is 10.1. The zero-order valence-corrected chi connectivity index (χ0v) is 7.22. The minimum absolute atomic E-state index is 0.694. The Labute approximate surface area is 67.2 Å². The maximum Gasteiger partial charge on any atom is 0.213 e. The van der Waals surface area contributed by atoms with Crippen LogP contribution in [0.25, 0.3) is 0 Å². The van der Waals surface area contributed by atoms with E-state index < -0.39 is 0 Å². The maximum absolute atomic E-state index is 4.98. The second kappa shape index (κ2) is 3.37. The van der Waals surface area contributed by atoms with Gasteiger partial charge < -0.3 is 4.74 Å². The summed E-state index contributed by atoms with van der Waals surface area (Å²) in [5, 5.41) is 0. The van der Waals surface area contributed by atoms with Gasteiger partial charge in [0.1, 0.15) is 0 Å². The molecule has 0 radical (unpaired) electrons. The van der Waals surface area contributed by atoms with Crippen LogP contribution in [0.5, 0.6) is 5.88 Å². The van der Waals surface area contributed by atoms with Crippen molar-refractivity contribution in [1.82, 2.24) is 4.98 Å². The molecule has 0 saturated heterocycles. The average molecular weight is 151 g/mol. The lowest BCUT2D eigenvalue weighted by Gasteiger charge is -2.03. The van der Waals surface area contributed by atoms with Crippen molar-refractivity contribution in [2.24, 2.45) is 0 Å². The van der Waals surface area contributed by atoms with Crippen molar-refractivity contribution in [3.05, 3.63) is 23.4 Å². The van der Waals surface area contributed by atoms with E-state index in [1.54, 1.807) is 7.11 Å². The zero-order chi connectivity index (χ0) is 8.27. The molecule has 1 aromatic rings. The van der Waals surface area contributed by atoms with Crippen LogP contribution >= 0.6 is 0 Å². The normalized spacial score (nSPS) is 9.73. The number of rotatable bonds is 2. The molecular weight excluding hydrogens is 138 g/mol. The summed E-state index contributed by atoms with van der Waals surface area (Å²) in [6.07, 6.45) is 2.90. The monoisotopic (exact) mass is 151 g/mol. The standard InChI is InChI=1S/C9H13NO/c1-4-8-6-10-9(11-3)5-7(8)2/h5-6H,4H2,1-3H3. The minimum Gasteiger partial charge on any atom is -0.481 e. The fraction of sp³-hybridized carbons (Fsp3) is 0.444. The molecule has 0 bridgehead atoms. The Balaban J connectivity index is 2.99. The highest BCUT2D eigenvalue weighted by Crippen LogP contribution is 2.12. The Kier molecular flexibility index (Phi) is 2.47.